The number of hydrogen-bond donors (Lipinski definition) is 2. The summed E-state index contributed by atoms with van der Waals surface area (Å²) in [5.74, 6) is 0. The van der Waals surface area contributed by atoms with Gasteiger partial charge in [0.1, 0.15) is 0 Å². The van der Waals surface area contributed by atoms with Crippen molar-refractivity contribution in [3.63, 3.8) is 0 Å². The first kappa shape index (κ1) is 10.9. The van der Waals surface area contributed by atoms with Crippen molar-refractivity contribution >= 4 is 0 Å². The van der Waals surface area contributed by atoms with Crippen LogP contribution in [0.25, 0.3) is 0 Å². The highest BCUT2D eigenvalue weighted by Gasteiger charge is 2.11. The van der Waals surface area contributed by atoms with Crippen LogP contribution in [0.5, 0.6) is 0 Å². The van der Waals surface area contributed by atoms with Crippen LogP contribution in [0.15, 0.2) is 0 Å². The Morgan fingerprint density at radius 1 is 1.45 bits per heavy atom. The second-order valence-electron chi connectivity index (χ2n) is 3.70. The van der Waals surface area contributed by atoms with Crippen LogP contribution >= 0.6 is 0 Å². The van der Waals surface area contributed by atoms with Gasteiger partial charge in [-0.1, -0.05) is 0 Å². The van der Waals surface area contributed by atoms with Gasteiger partial charge in [0.05, 0.1) is 12.2 Å². The number of hydrogen-bond acceptors (Lipinski definition) is 3. The Labute approximate surface area is 68.5 Å². The van der Waals surface area contributed by atoms with Crippen LogP contribution in [0.3, 0.4) is 0 Å². The zero-order valence-electron chi connectivity index (χ0n) is 7.63. The molecule has 0 amide bonds. The van der Waals surface area contributed by atoms with Crippen LogP contribution in [0.4, 0.5) is 0 Å². The summed E-state index contributed by atoms with van der Waals surface area (Å²) >= 11 is 0. The molecule has 1 atom stereocenters. The van der Waals surface area contributed by atoms with Gasteiger partial charge in [0.15, 0.2) is 0 Å². The smallest absolute Gasteiger partial charge is 0.0625 e. The van der Waals surface area contributed by atoms with Crippen molar-refractivity contribution in [3.05, 3.63) is 0 Å². The molecule has 0 saturated carbocycles. The van der Waals surface area contributed by atoms with Crippen LogP contribution in [0, 0.1) is 0 Å². The molecule has 68 valence electrons. The van der Waals surface area contributed by atoms with Gasteiger partial charge in [-0.15, -0.1) is 0 Å². The topological polar surface area (TPSA) is 55.5 Å². The standard InChI is InChI=1S/C8H19NO2/c1-8(2,3)11-6-7(9)4-5-10/h7,10H,4-6,9H2,1-3H3. The first-order valence-electron chi connectivity index (χ1n) is 3.96. The third-order valence-electron chi connectivity index (χ3n) is 1.23. The van der Waals surface area contributed by atoms with E-state index in [-0.39, 0.29) is 18.2 Å². The average molecular weight is 161 g/mol. The number of ether oxygens (including phenoxy) is 1. The van der Waals surface area contributed by atoms with Gasteiger partial charge in [-0.3, -0.25) is 0 Å². The molecule has 0 aromatic heterocycles. The van der Waals surface area contributed by atoms with Crippen LogP contribution in [-0.2, 0) is 4.74 Å². The summed E-state index contributed by atoms with van der Waals surface area (Å²) in [6, 6.07) is -0.0424. The zero-order chi connectivity index (χ0) is 8.91. The number of aliphatic hydroxyl groups excluding tert-OH is 1. The lowest BCUT2D eigenvalue weighted by Crippen LogP contribution is -2.32. The third-order valence-corrected chi connectivity index (χ3v) is 1.23. The van der Waals surface area contributed by atoms with E-state index in [1.165, 1.54) is 0 Å². The van der Waals surface area contributed by atoms with Gasteiger partial charge in [-0.25, -0.2) is 0 Å². The van der Waals surface area contributed by atoms with E-state index in [9.17, 15) is 0 Å². The lowest BCUT2D eigenvalue weighted by Gasteiger charge is -2.21. The first-order valence-corrected chi connectivity index (χ1v) is 3.96. The Hall–Kier alpha value is -0.120. The van der Waals surface area contributed by atoms with E-state index in [0.29, 0.717) is 13.0 Å². The van der Waals surface area contributed by atoms with Gasteiger partial charge in [0.2, 0.25) is 0 Å². The molecule has 0 aromatic rings. The second kappa shape index (κ2) is 4.70. The highest BCUT2D eigenvalue weighted by atomic mass is 16.5. The maximum absolute atomic E-state index is 8.53. The minimum Gasteiger partial charge on any atom is -0.396 e. The largest absolute Gasteiger partial charge is 0.396 e. The molecule has 1 unspecified atom stereocenters. The highest BCUT2D eigenvalue weighted by molar-refractivity contribution is 4.64. The van der Waals surface area contributed by atoms with E-state index in [2.05, 4.69) is 0 Å². The van der Waals surface area contributed by atoms with Crippen molar-refractivity contribution in [1.82, 2.24) is 0 Å². The minimum atomic E-state index is -0.132. The third kappa shape index (κ3) is 7.78. The normalized spacial score (nSPS) is 15.0. The van der Waals surface area contributed by atoms with Crippen molar-refractivity contribution in [3.8, 4) is 0 Å². The van der Waals surface area contributed by atoms with Gasteiger partial charge in [-0.05, 0) is 27.2 Å². The van der Waals surface area contributed by atoms with E-state index < -0.39 is 0 Å². The van der Waals surface area contributed by atoms with Crippen molar-refractivity contribution in [2.24, 2.45) is 5.73 Å². The number of nitrogens with two attached hydrogens (primary N) is 1. The maximum Gasteiger partial charge on any atom is 0.0625 e. The second-order valence-corrected chi connectivity index (χ2v) is 3.70. The van der Waals surface area contributed by atoms with E-state index in [4.69, 9.17) is 15.6 Å². The van der Waals surface area contributed by atoms with Gasteiger partial charge < -0.3 is 15.6 Å². The number of rotatable bonds is 4. The van der Waals surface area contributed by atoms with Gasteiger partial charge >= 0.3 is 0 Å². The Bertz CT molecular complexity index is 98.8. The molecule has 0 spiro atoms. The zero-order valence-corrected chi connectivity index (χ0v) is 7.63. The minimum absolute atomic E-state index is 0.0424. The molecule has 3 nitrogen and oxygen atoms in total. The molecule has 0 heterocycles. The maximum atomic E-state index is 8.53. The molecule has 11 heavy (non-hydrogen) atoms. The predicted molar refractivity (Wildman–Crippen MR) is 45.4 cm³/mol. The monoisotopic (exact) mass is 161 g/mol. The lowest BCUT2D eigenvalue weighted by molar-refractivity contribution is -0.0123. The summed E-state index contributed by atoms with van der Waals surface area (Å²) < 4.78 is 5.41. The molecule has 0 rings (SSSR count). The van der Waals surface area contributed by atoms with Crippen molar-refractivity contribution in [2.75, 3.05) is 13.2 Å². The molecule has 0 aliphatic carbocycles. The fourth-order valence-corrected chi connectivity index (χ4v) is 0.606. The van der Waals surface area contributed by atoms with E-state index in [0.717, 1.165) is 0 Å². The van der Waals surface area contributed by atoms with Gasteiger partial charge in [0, 0.05) is 12.6 Å². The molecule has 0 radical (unpaired) electrons. The molecule has 0 aliphatic heterocycles. The first-order chi connectivity index (χ1) is 4.95. The SMILES string of the molecule is CC(C)(C)OCC(N)CCO. The van der Waals surface area contributed by atoms with Crippen molar-refractivity contribution in [2.45, 2.75) is 38.8 Å². The lowest BCUT2D eigenvalue weighted by atomic mass is 10.2. The van der Waals surface area contributed by atoms with Gasteiger partial charge in [0.25, 0.3) is 0 Å². The fourth-order valence-electron chi connectivity index (χ4n) is 0.606. The summed E-state index contributed by atoms with van der Waals surface area (Å²) in [5.41, 5.74) is 5.47. The molecule has 0 aromatic carbocycles. The predicted octanol–water partition coefficient (Wildman–Crippen LogP) is 0.511. The highest BCUT2D eigenvalue weighted by Crippen LogP contribution is 2.06. The summed E-state index contributed by atoms with van der Waals surface area (Å²) in [6.45, 7) is 6.61. The summed E-state index contributed by atoms with van der Waals surface area (Å²) in [6.07, 6.45) is 0.607. The summed E-state index contributed by atoms with van der Waals surface area (Å²) in [4.78, 5) is 0. The summed E-state index contributed by atoms with van der Waals surface area (Å²) in [7, 11) is 0. The average Bonchev–Trinajstić information content (AvgIpc) is 1.83. The quantitative estimate of drug-likeness (QED) is 0.631. The molecular formula is C8H19NO2. The molecule has 3 N–H and O–H groups in total. The van der Waals surface area contributed by atoms with Gasteiger partial charge in [-0.2, -0.15) is 0 Å². The van der Waals surface area contributed by atoms with Crippen LogP contribution in [0.1, 0.15) is 27.2 Å². The van der Waals surface area contributed by atoms with Crippen LogP contribution < -0.4 is 5.73 Å². The van der Waals surface area contributed by atoms with E-state index in [1.54, 1.807) is 0 Å². The molecule has 0 bridgehead atoms. The van der Waals surface area contributed by atoms with E-state index in [1.807, 2.05) is 20.8 Å². The Kier molecular flexibility index (Phi) is 4.65. The summed E-state index contributed by atoms with van der Waals surface area (Å²) in [5, 5.41) is 8.53. The van der Waals surface area contributed by atoms with Crippen molar-refractivity contribution < 1.29 is 9.84 Å². The Balaban J connectivity index is 3.38. The molecule has 0 saturated heterocycles. The number of aliphatic hydroxyl groups is 1. The molecular weight excluding hydrogens is 142 g/mol. The van der Waals surface area contributed by atoms with Crippen molar-refractivity contribution in [1.29, 1.82) is 0 Å². The molecule has 0 aliphatic rings. The Morgan fingerprint density at radius 2 is 2.00 bits per heavy atom. The van der Waals surface area contributed by atoms with E-state index >= 15 is 0 Å². The van der Waals surface area contributed by atoms with Crippen LogP contribution in [0.2, 0.25) is 0 Å². The fraction of sp³-hybridized carbons (Fsp3) is 1.00. The molecule has 0 fully saturated rings. The van der Waals surface area contributed by atoms with Crippen LogP contribution in [-0.4, -0.2) is 30.0 Å². The Morgan fingerprint density at radius 3 is 2.36 bits per heavy atom. The molecule has 3 heteroatoms.